The van der Waals surface area contributed by atoms with Gasteiger partial charge in [0.1, 0.15) is 5.65 Å². The molecular weight excluding hydrogens is 366 g/mol. The van der Waals surface area contributed by atoms with Gasteiger partial charge in [0.15, 0.2) is 0 Å². The molecule has 4 heterocycles. The Bertz CT molecular complexity index is 1150. The first kappa shape index (κ1) is 17.7. The number of aromatic nitrogens is 2. The molecule has 2 aromatic heterocycles. The summed E-state index contributed by atoms with van der Waals surface area (Å²) in [5, 5.41) is 3.89. The minimum Gasteiger partial charge on any atom is -0.398 e. The van der Waals surface area contributed by atoms with Crippen LogP contribution in [-0.4, -0.2) is 34.5 Å². The minimum absolute atomic E-state index is 0.0640. The molecule has 1 atom stereocenters. The molecule has 1 aromatic carbocycles. The lowest BCUT2D eigenvalue weighted by atomic mass is 9.93. The number of aryl methyl sites for hydroxylation is 1. The Labute approximate surface area is 168 Å². The fraction of sp³-hybridized carbons (Fsp3) is 0.318. The molecule has 2 saturated heterocycles. The van der Waals surface area contributed by atoms with Crippen molar-refractivity contribution in [2.45, 2.75) is 25.2 Å². The van der Waals surface area contributed by atoms with Crippen LogP contribution in [0.2, 0.25) is 0 Å². The second-order valence-electron chi connectivity index (χ2n) is 7.92. The van der Waals surface area contributed by atoms with Crippen LogP contribution >= 0.6 is 0 Å². The quantitative estimate of drug-likeness (QED) is 0.673. The van der Waals surface area contributed by atoms with Crippen molar-refractivity contribution in [1.29, 1.82) is 0 Å². The van der Waals surface area contributed by atoms with Gasteiger partial charge in [-0.25, -0.2) is 4.98 Å². The number of benzene rings is 1. The van der Waals surface area contributed by atoms with Crippen molar-refractivity contribution in [2.75, 3.05) is 23.7 Å². The number of nitrogens with two attached hydrogens (primary N) is 1. The molecule has 2 amide bonds. The molecule has 0 aliphatic carbocycles. The predicted molar refractivity (Wildman–Crippen MR) is 113 cm³/mol. The topological polar surface area (TPSA) is 93.2 Å². The summed E-state index contributed by atoms with van der Waals surface area (Å²) < 4.78 is 2.00. The molecule has 3 N–H and O–H groups in total. The molecule has 0 spiro atoms. The summed E-state index contributed by atoms with van der Waals surface area (Å²) in [6.07, 6.45) is 5.77. The Balaban J connectivity index is 1.61. The van der Waals surface area contributed by atoms with E-state index in [1.807, 2.05) is 28.6 Å². The third-order valence-electron chi connectivity index (χ3n) is 6.00. The smallest absolute Gasteiger partial charge is 0.227 e. The van der Waals surface area contributed by atoms with Crippen molar-refractivity contribution in [3.63, 3.8) is 0 Å². The first-order valence-electron chi connectivity index (χ1n) is 9.93. The van der Waals surface area contributed by atoms with Crippen LogP contribution in [0.3, 0.4) is 0 Å². The van der Waals surface area contributed by atoms with Crippen molar-refractivity contribution in [1.82, 2.24) is 14.9 Å². The molecule has 5 rings (SSSR count). The third kappa shape index (κ3) is 2.93. The standard InChI is InChI=1S/C22H23N5O2/c1-26-12-18(13-4-5-19(23)16(7-13)14-8-20(28)24-10-14)17-9-15(11-25-22(17)26)27-6-2-3-21(27)29/h4-5,7,9,11-12,14H,2-3,6,8,10,23H2,1H3,(H,24,28). The molecule has 7 heteroatoms. The van der Waals surface area contributed by atoms with E-state index in [2.05, 4.69) is 28.6 Å². The fourth-order valence-corrected chi connectivity index (χ4v) is 4.47. The highest BCUT2D eigenvalue weighted by molar-refractivity contribution is 6.00. The summed E-state index contributed by atoms with van der Waals surface area (Å²) >= 11 is 0. The second kappa shape index (κ2) is 6.62. The zero-order chi connectivity index (χ0) is 20.1. The van der Waals surface area contributed by atoms with Gasteiger partial charge in [0.25, 0.3) is 0 Å². The van der Waals surface area contributed by atoms with Crippen LogP contribution in [-0.2, 0) is 16.6 Å². The first-order chi connectivity index (χ1) is 14.0. The van der Waals surface area contributed by atoms with Crippen molar-refractivity contribution >= 4 is 34.2 Å². The monoisotopic (exact) mass is 389 g/mol. The molecule has 2 aliphatic heterocycles. The van der Waals surface area contributed by atoms with E-state index in [0.717, 1.165) is 46.4 Å². The lowest BCUT2D eigenvalue weighted by Crippen LogP contribution is -2.23. The molecule has 2 aliphatic rings. The predicted octanol–water partition coefficient (Wildman–Crippen LogP) is 2.55. The van der Waals surface area contributed by atoms with Gasteiger partial charge in [0, 0.05) is 61.7 Å². The van der Waals surface area contributed by atoms with Gasteiger partial charge in [-0.1, -0.05) is 6.07 Å². The van der Waals surface area contributed by atoms with Gasteiger partial charge in [0.05, 0.1) is 11.9 Å². The number of fused-ring (bicyclic) bond motifs is 1. The van der Waals surface area contributed by atoms with E-state index in [-0.39, 0.29) is 17.7 Å². The van der Waals surface area contributed by atoms with Crippen molar-refractivity contribution in [3.05, 3.63) is 42.2 Å². The Hall–Kier alpha value is -3.35. The highest BCUT2D eigenvalue weighted by atomic mass is 16.2. The average Bonchev–Trinajstić information content (AvgIpc) is 3.41. The summed E-state index contributed by atoms with van der Waals surface area (Å²) in [4.78, 5) is 30.3. The van der Waals surface area contributed by atoms with Crippen molar-refractivity contribution in [3.8, 4) is 11.1 Å². The van der Waals surface area contributed by atoms with E-state index in [4.69, 9.17) is 5.73 Å². The molecule has 1 unspecified atom stereocenters. The Morgan fingerprint density at radius 2 is 2.10 bits per heavy atom. The number of pyridine rings is 1. The van der Waals surface area contributed by atoms with Crippen LogP contribution in [0.1, 0.15) is 30.7 Å². The Morgan fingerprint density at radius 3 is 2.83 bits per heavy atom. The van der Waals surface area contributed by atoms with Crippen LogP contribution in [0.5, 0.6) is 0 Å². The van der Waals surface area contributed by atoms with Crippen LogP contribution in [0, 0.1) is 0 Å². The average molecular weight is 389 g/mol. The van der Waals surface area contributed by atoms with Gasteiger partial charge in [-0.15, -0.1) is 0 Å². The van der Waals surface area contributed by atoms with E-state index in [9.17, 15) is 9.59 Å². The molecule has 29 heavy (non-hydrogen) atoms. The number of amides is 2. The number of nitrogens with one attached hydrogen (secondary N) is 1. The highest BCUT2D eigenvalue weighted by Gasteiger charge is 2.26. The largest absolute Gasteiger partial charge is 0.398 e. The highest BCUT2D eigenvalue weighted by Crippen LogP contribution is 2.36. The van der Waals surface area contributed by atoms with Crippen molar-refractivity contribution < 1.29 is 9.59 Å². The molecule has 7 nitrogen and oxygen atoms in total. The Kier molecular flexibility index (Phi) is 4.04. The second-order valence-corrected chi connectivity index (χ2v) is 7.92. The summed E-state index contributed by atoms with van der Waals surface area (Å²) in [7, 11) is 1.97. The molecular formula is C22H23N5O2. The number of nitrogen functional groups attached to an aromatic ring is 1. The zero-order valence-electron chi connectivity index (χ0n) is 16.3. The SMILES string of the molecule is Cn1cc(-c2ccc(N)c(C3CNC(=O)C3)c2)c2cc(N3CCCC3=O)cnc21. The number of anilines is 2. The van der Waals surface area contributed by atoms with E-state index in [1.54, 1.807) is 6.20 Å². The van der Waals surface area contributed by atoms with Gasteiger partial charge in [0.2, 0.25) is 11.8 Å². The lowest BCUT2D eigenvalue weighted by molar-refractivity contribution is -0.119. The van der Waals surface area contributed by atoms with Gasteiger partial charge >= 0.3 is 0 Å². The molecule has 0 bridgehead atoms. The van der Waals surface area contributed by atoms with Crippen LogP contribution < -0.4 is 16.0 Å². The van der Waals surface area contributed by atoms with E-state index < -0.39 is 0 Å². The molecule has 148 valence electrons. The first-order valence-corrected chi connectivity index (χ1v) is 9.93. The fourth-order valence-electron chi connectivity index (χ4n) is 4.47. The van der Waals surface area contributed by atoms with Gasteiger partial charge < -0.3 is 20.5 Å². The molecule has 0 saturated carbocycles. The maximum absolute atomic E-state index is 12.2. The summed E-state index contributed by atoms with van der Waals surface area (Å²) in [5.41, 5.74) is 11.7. The molecule has 3 aromatic rings. The summed E-state index contributed by atoms with van der Waals surface area (Å²) in [6.45, 7) is 1.35. The molecule has 0 radical (unpaired) electrons. The van der Waals surface area contributed by atoms with Crippen molar-refractivity contribution in [2.24, 2.45) is 7.05 Å². The zero-order valence-corrected chi connectivity index (χ0v) is 16.3. The summed E-state index contributed by atoms with van der Waals surface area (Å²) in [6, 6.07) is 8.05. The van der Waals surface area contributed by atoms with Gasteiger partial charge in [-0.3, -0.25) is 9.59 Å². The normalized spacial score (nSPS) is 19.3. The van der Waals surface area contributed by atoms with Crippen LogP contribution in [0.15, 0.2) is 36.7 Å². The number of hydrogen-bond acceptors (Lipinski definition) is 4. The number of rotatable bonds is 3. The number of carbonyl (C=O) groups is 2. The van der Waals surface area contributed by atoms with E-state index >= 15 is 0 Å². The lowest BCUT2D eigenvalue weighted by Gasteiger charge is -2.16. The minimum atomic E-state index is 0.0640. The van der Waals surface area contributed by atoms with Gasteiger partial charge in [-0.05, 0) is 35.7 Å². The Morgan fingerprint density at radius 1 is 1.24 bits per heavy atom. The van der Waals surface area contributed by atoms with Crippen LogP contribution in [0.4, 0.5) is 11.4 Å². The van der Waals surface area contributed by atoms with Gasteiger partial charge in [-0.2, -0.15) is 0 Å². The van der Waals surface area contributed by atoms with E-state index in [0.29, 0.717) is 25.1 Å². The summed E-state index contributed by atoms with van der Waals surface area (Å²) in [5.74, 6) is 0.305. The third-order valence-corrected chi connectivity index (χ3v) is 6.00. The number of carbonyl (C=O) groups excluding carboxylic acids is 2. The maximum atomic E-state index is 12.2. The maximum Gasteiger partial charge on any atom is 0.227 e. The number of hydrogen-bond donors (Lipinski definition) is 2. The van der Waals surface area contributed by atoms with Crippen LogP contribution in [0.25, 0.3) is 22.2 Å². The molecule has 2 fully saturated rings. The number of nitrogens with zero attached hydrogens (tertiary/aromatic N) is 3. The van der Waals surface area contributed by atoms with E-state index in [1.165, 1.54) is 0 Å².